The van der Waals surface area contributed by atoms with E-state index >= 15 is 0 Å². The van der Waals surface area contributed by atoms with Crippen LogP contribution in [0.25, 0.3) is 5.69 Å². The minimum absolute atomic E-state index is 0.0699. The molecule has 2 aliphatic rings. The van der Waals surface area contributed by atoms with E-state index in [9.17, 15) is 4.79 Å². The number of amides is 1. The zero-order valence-electron chi connectivity index (χ0n) is 19.3. The summed E-state index contributed by atoms with van der Waals surface area (Å²) in [5.74, 6) is 1.82. The lowest BCUT2D eigenvalue weighted by molar-refractivity contribution is 0.0746. The van der Waals surface area contributed by atoms with Gasteiger partial charge in [-0.2, -0.15) is 0 Å². The van der Waals surface area contributed by atoms with Crippen molar-refractivity contribution in [2.45, 2.75) is 0 Å². The first kappa shape index (κ1) is 22.4. The summed E-state index contributed by atoms with van der Waals surface area (Å²) in [6.07, 6.45) is 3.98. The van der Waals surface area contributed by atoms with Gasteiger partial charge in [-0.25, -0.2) is 0 Å². The minimum atomic E-state index is 0.0699. The summed E-state index contributed by atoms with van der Waals surface area (Å²) >= 11 is 0. The maximum atomic E-state index is 13.0. The highest BCUT2D eigenvalue weighted by Gasteiger charge is 2.24. The Morgan fingerprint density at radius 3 is 1.85 bits per heavy atom. The van der Waals surface area contributed by atoms with Gasteiger partial charge < -0.3 is 24.4 Å². The van der Waals surface area contributed by atoms with Gasteiger partial charge in [0, 0.05) is 82.5 Å². The number of aliphatic hydroxyl groups excluding tert-OH is 1. The fourth-order valence-corrected chi connectivity index (χ4v) is 4.60. The van der Waals surface area contributed by atoms with Crippen LogP contribution in [0.1, 0.15) is 10.4 Å². The number of hydrogen-bond acceptors (Lipinski definition) is 7. The van der Waals surface area contributed by atoms with Gasteiger partial charge in [0.1, 0.15) is 0 Å². The highest BCUT2D eigenvalue weighted by molar-refractivity contribution is 5.94. The van der Waals surface area contributed by atoms with Gasteiger partial charge in [-0.3, -0.25) is 9.69 Å². The molecule has 2 fully saturated rings. The van der Waals surface area contributed by atoms with Crippen molar-refractivity contribution in [1.82, 2.24) is 24.6 Å². The molecule has 2 saturated heterocycles. The number of rotatable bonds is 6. The third-order valence-electron chi connectivity index (χ3n) is 6.66. The van der Waals surface area contributed by atoms with Crippen LogP contribution in [-0.4, -0.2) is 101 Å². The number of β-amino-alcohol motifs (C(OH)–C–C–N with tert-alkyl or cyclic N) is 1. The molecule has 0 bridgehead atoms. The SMILES string of the molecule is O=C(c1ccc(-n2cccc2)cc1)N1CCN(c2ccc(N3CCN(CCO)CC3)nn2)CC1. The van der Waals surface area contributed by atoms with Crippen LogP contribution in [0, 0.1) is 0 Å². The molecule has 4 heterocycles. The summed E-state index contributed by atoms with van der Waals surface area (Å²) in [7, 11) is 0. The number of aliphatic hydroxyl groups is 1. The second-order valence-corrected chi connectivity index (χ2v) is 8.72. The predicted molar refractivity (Wildman–Crippen MR) is 132 cm³/mol. The third kappa shape index (κ3) is 4.90. The van der Waals surface area contributed by atoms with Gasteiger partial charge in [0.15, 0.2) is 11.6 Å². The summed E-state index contributed by atoms with van der Waals surface area (Å²) in [4.78, 5) is 21.6. The van der Waals surface area contributed by atoms with E-state index in [0.29, 0.717) is 18.7 Å². The van der Waals surface area contributed by atoms with Crippen molar-refractivity contribution in [3.63, 3.8) is 0 Å². The number of aromatic nitrogens is 3. The van der Waals surface area contributed by atoms with Crippen molar-refractivity contribution in [1.29, 1.82) is 0 Å². The molecule has 0 radical (unpaired) electrons. The van der Waals surface area contributed by atoms with E-state index in [-0.39, 0.29) is 12.5 Å². The minimum Gasteiger partial charge on any atom is -0.395 e. The zero-order chi connectivity index (χ0) is 23.3. The van der Waals surface area contributed by atoms with Crippen LogP contribution >= 0.6 is 0 Å². The number of hydrogen-bond donors (Lipinski definition) is 1. The van der Waals surface area contributed by atoms with E-state index in [1.54, 1.807) is 0 Å². The number of carbonyl (C=O) groups excluding carboxylic acids is 1. The Kier molecular flexibility index (Phi) is 6.73. The summed E-state index contributed by atoms with van der Waals surface area (Å²) in [5.41, 5.74) is 1.76. The molecule has 0 aliphatic carbocycles. The number of anilines is 2. The molecule has 9 heteroatoms. The molecule has 3 aromatic rings. The van der Waals surface area contributed by atoms with Crippen molar-refractivity contribution in [3.8, 4) is 5.69 Å². The fourth-order valence-electron chi connectivity index (χ4n) is 4.60. The molecule has 34 heavy (non-hydrogen) atoms. The first-order valence-corrected chi connectivity index (χ1v) is 11.9. The molecule has 0 spiro atoms. The summed E-state index contributed by atoms with van der Waals surface area (Å²) in [5, 5.41) is 18.0. The Morgan fingerprint density at radius 1 is 0.765 bits per heavy atom. The molecular formula is C25H31N7O2. The summed E-state index contributed by atoms with van der Waals surface area (Å²) < 4.78 is 2.02. The second kappa shape index (κ2) is 10.2. The van der Waals surface area contributed by atoms with Gasteiger partial charge in [0.25, 0.3) is 5.91 Å². The average molecular weight is 462 g/mol. The molecule has 9 nitrogen and oxygen atoms in total. The number of carbonyl (C=O) groups is 1. The molecule has 1 N–H and O–H groups in total. The lowest BCUT2D eigenvalue weighted by atomic mass is 10.1. The number of benzene rings is 1. The zero-order valence-corrected chi connectivity index (χ0v) is 19.3. The van der Waals surface area contributed by atoms with Crippen molar-refractivity contribution in [2.75, 3.05) is 75.3 Å². The van der Waals surface area contributed by atoms with Crippen LogP contribution in [0.5, 0.6) is 0 Å². The predicted octanol–water partition coefficient (Wildman–Crippen LogP) is 1.34. The maximum Gasteiger partial charge on any atom is 0.253 e. The van der Waals surface area contributed by atoms with Gasteiger partial charge in [-0.05, 0) is 48.5 Å². The van der Waals surface area contributed by atoms with Gasteiger partial charge in [0.05, 0.1) is 6.61 Å². The molecule has 1 amide bonds. The molecular weight excluding hydrogens is 430 g/mol. The van der Waals surface area contributed by atoms with Crippen LogP contribution in [-0.2, 0) is 0 Å². The summed E-state index contributed by atoms with van der Waals surface area (Å²) in [6.45, 7) is 7.36. The molecule has 0 saturated carbocycles. The second-order valence-electron chi connectivity index (χ2n) is 8.72. The topological polar surface area (TPSA) is 81.0 Å². The van der Waals surface area contributed by atoms with Crippen molar-refractivity contribution < 1.29 is 9.90 Å². The standard InChI is InChI=1S/C25H31N7O2/c33-20-19-28-11-13-30(14-12-28)23-7-8-24(27-26-23)31-15-17-32(18-16-31)25(34)21-3-5-22(6-4-21)29-9-1-2-10-29/h1-10,33H,11-20H2. The van der Waals surface area contributed by atoms with E-state index in [2.05, 4.69) is 24.9 Å². The molecule has 0 atom stereocenters. The Labute approximate surface area is 199 Å². The lowest BCUT2D eigenvalue weighted by Crippen LogP contribution is -2.49. The molecule has 178 valence electrons. The first-order valence-electron chi connectivity index (χ1n) is 11.9. The molecule has 2 aliphatic heterocycles. The molecule has 2 aromatic heterocycles. The van der Waals surface area contributed by atoms with E-state index in [0.717, 1.165) is 63.1 Å². The third-order valence-corrected chi connectivity index (χ3v) is 6.66. The Bertz CT molecular complexity index is 1050. The quantitative estimate of drug-likeness (QED) is 0.593. The van der Waals surface area contributed by atoms with Gasteiger partial charge in [-0.15, -0.1) is 10.2 Å². The van der Waals surface area contributed by atoms with Gasteiger partial charge >= 0.3 is 0 Å². The largest absolute Gasteiger partial charge is 0.395 e. The molecule has 0 unspecified atom stereocenters. The average Bonchev–Trinajstić information content (AvgIpc) is 3.45. The summed E-state index contributed by atoms with van der Waals surface area (Å²) in [6, 6.07) is 15.8. The van der Waals surface area contributed by atoms with Crippen molar-refractivity contribution >= 4 is 17.5 Å². The molecule has 1 aromatic carbocycles. The number of piperazine rings is 2. The first-order chi connectivity index (χ1) is 16.7. The van der Waals surface area contributed by atoms with Crippen LogP contribution in [0.15, 0.2) is 60.9 Å². The van der Waals surface area contributed by atoms with E-state index < -0.39 is 0 Å². The van der Waals surface area contributed by atoms with Crippen LogP contribution in [0.4, 0.5) is 11.6 Å². The van der Waals surface area contributed by atoms with Gasteiger partial charge in [-0.1, -0.05) is 0 Å². The Morgan fingerprint density at radius 2 is 1.32 bits per heavy atom. The van der Waals surface area contributed by atoms with Crippen molar-refractivity contribution in [2.24, 2.45) is 0 Å². The molecule has 5 rings (SSSR count). The Balaban J connectivity index is 1.13. The highest BCUT2D eigenvalue weighted by Crippen LogP contribution is 2.19. The van der Waals surface area contributed by atoms with E-state index in [1.165, 1.54) is 0 Å². The fraction of sp³-hybridized carbons (Fsp3) is 0.400. The lowest BCUT2D eigenvalue weighted by Gasteiger charge is -2.36. The van der Waals surface area contributed by atoms with Gasteiger partial charge in [0.2, 0.25) is 0 Å². The van der Waals surface area contributed by atoms with E-state index in [1.807, 2.05) is 70.4 Å². The smallest absolute Gasteiger partial charge is 0.253 e. The van der Waals surface area contributed by atoms with Crippen molar-refractivity contribution in [3.05, 3.63) is 66.5 Å². The normalized spacial score (nSPS) is 17.3. The van der Waals surface area contributed by atoms with E-state index in [4.69, 9.17) is 5.11 Å². The van der Waals surface area contributed by atoms with Crippen LogP contribution in [0.3, 0.4) is 0 Å². The maximum absolute atomic E-state index is 13.0. The highest BCUT2D eigenvalue weighted by atomic mass is 16.3. The monoisotopic (exact) mass is 461 g/mol. The van der Waals surface area contributed by atoms with Crippen LogP contribution in [0.2, 0.25) is 0 Å². The Hall–Kier alpha value is -3.43. The van der Waals surface area contributed by atoms with Crippen LogP contribution < -0.4 is 9.80 Å². The number of nitrogens with zero attached hydrogens (tertiary/aromatic N) is 7.